The average Bonchev–Trinajstić information content (AvgIpc) is 2.78. The fourth-order valence-corrected chi connectivity index (χ4v) is 3.07. The molecular formula is C16H16BrFN2. The molecule has 0 radical (unpaired) electrons. The number of halogens is 2. The van der Waals surface area contributed by atoms with Crippen LogP contribution >= 0.6 is 15.9 Å². The molecule has 0 saturated heterocycles. The Morgan fingerprint density at radius 1 is 1.35 bits per heavy atom. The van der Waals surface area contributed by atoms with E-state index in [-0.39, 0.29) is 5.82 Å². The highest BCUT2D eigenvalue weighted by molar-refractivity contribution is 9.10. The van der Waals surface area contributed by atoms with Gasteiger partial charge in [-0.05, 0) is 58.1 Å². The van der Waals surface area contributed by atoms with Gasteiger partial charge in [-0.25, -0.2) is 4.39 Å². The normalized spacial score (nSPS) is 13.7. The SMILES string of the molecule is Cc1cc2c(cc1N)N(Cc1cccc(F)c1Br)CC2. The lowest BCUT2D eigenvalue weighted by Gasteiger charge is -2.21. The van der Waals surface area contributed by atoms with Crippen LogP contribution in [0.2, 0.25) is 0 Å². The zero-order valence-corrected chi connectivity index (χ0v) is 12.9. The van der Waals surface area contributed by atoms with Crippen molar-refractivity contribution >= 4 is 27.3 Å². The first-order chi connectivity index (χ1) is 9.56. The summed E-state index contributed by atoms with van der Waals surface area (Å²) in [5.41, 5.74) is 11.4. The van der Waals surface area contributed by atoms with Gasteiger partial charge < -0.3 is 10.6 Å². The van der Waals surface area contributed by atoms with E-state index in [9.17, 15) is 4.39 Å². The molecule has 20 heavy (non-hydrogen) atoms. The summed E-state index contributed by atoms with van der Waals surface area (Å²) in [4.78, 5) is 2.25. The molecule has 0 unspecified atom stereocenters. The van der Waals surface area contributed by atoms with Gasteiger partial charge in [-0.3, -0.25) is 0 Å². The molecule has 4 heteroatoms. The van der Waals surface area contributed by atoms with E-state index in [1.165, 1.54) is 17.3 Å². The maximum Gasteiger partial charge on any atom is 0.137 e. The van der Waals surface area contributed by atoms with Crippen molar-refractivity contribution in [1.82, 2.24) is 0 Å². The van der Waals surface area contributed by atoms with Crippen LogP contribution in [0.1, 0.15) is 16.7 Å². The van der Waals surface area contributed by atoms with E-state index in [0.717, 1.165) is 29.8 Å². The molecule has 3 rings (SSSR count). The van der Waals surface area contributed by atoms with Crippen LogP contribution in [0.15, 0.2) is 34.8 Å². The van der Waals surface area contributed by atoms with E-state index in [0.29, 0.717) is 11.0 Å². The molecule has 1 aliphatic rings. The summed E-state index contributed by atoms with van der Waals surface area (Å²) in [6.07, 6.45) is 1.02. The molecule has 0 atom stereocenters. The van der Waals surface area contributed by atoms with Crippen molar-refractivity contribution in [3.63, 3.8) is 0 Å². The molecule has 0 amide bonds. The van der Waals surface area contributed by atoms with Crippen molar-refractivity contribution in [2.45, 2.75) is 19.9 Å². The molecule has 0 aromatic heterocycles. The molecule has 2 aromatic rings. The molecule has 0 fully saturated rings. The first kappa shape index (κ1) is 13.4. The van der Waals surface area contributed by atoms with E-state index >= 15 is 0 Å². The van der Waals surface area contributed by atoms with Gasteiger partial charge in [0.1, 0.15) is 5.82 Å². The number of nitrogens with two attached hydrogens (primary N) is 1. The zero-order valence-electron chi connectivity index (χ0n) is 11.3. The van der Waals surface area contributed by atoms with Crippen molar-refractivity contribution in [3.05, 3.63) is 57.3 Å². The first-order valence-corrected chi connectivity index (χ1v) is 7.42. The number of hydrogen-bond donors (Lipinski definition) is 1. The quantitative estimate of drug-likeness (QED) is 0.840. The largest absolute Gasteiger partial charge is 0.398 e. The number of rotatable bonds is 2. The monoisotopic (exact) mass is 334 g/mol. The minimum absolute atomic E-state index is 0.217. The van der Waals surface area contributed by atoms with Crippen LogP contribution in [0.4, 0.5) is 15.8 Å². The Morgan fingerprint density at radius 3 is 2.95 bits per heavy atom. The number of nitrogens with zero attached hydrogens (tertiary/aromatic N) is 1. The summed E-state index contributed by atoms with van der Waals surface area (Å²) < 4.78 is 14.1. The fourth-order valence-electron chi connectivity index (χ4n) is 2.68. The molecule has 2 N–H and O–H groups in total. The van der Waals surface area contributed by atoms with E-state index in [4.69, 9.17) is 5.73 Å². The second kappa shape index (κ2) is 5.09. The first-order valence-electron chi connectivity index (χ1n) is 6.63. The minimum atomic E-state index is -0.217. The Labute approximate surface area is 126 Å². The molecule has 1 heterocycles. The molecule has 2 aromatic carbocycles. The number of aryl methyl sites for hydroxylation is 1. The van der Waals surface area contributed by atoms with Crippen LogP contribution in [0.25, 0.3) is 0 Å². The van der Waals surface area contributed by atoms with Gasteiger partial charge in [0, 0.05) is 24.5 Å². The maximum atomic E-state index is 13.6. The van der Waals surface area contributed by atoms with E-state index in [1.807, 2.05) is 19.1 Å². The predicted molar refractivity (Wildman–Crippen MR) is 84.4 cm³/mol. The number of nitrogen functional groups attached to an aromatic ring is 1. The van der Waals surface area contributed by atoms with Crippen LogP contribution in [-0.2, 0) is 13.0 Å². The van der Waals surface area contributed by atoms with Gasteiger partial charge in [-0.2, -0.15) is 0 Å². The molecule has 0 saturated carbocycles. The van der Waals surface area contributed by atoms with Crippen LogP contribution in [0.5, 0.6) is 0 Å². The number of anilines is 2. The Hall–Kier alpha value is -1.55. The Bertz CT molecular complexity index is 670. The highest BCUT2D eigenvalue weighted by atomic mass is 79.9. The zero-order chi connectivity index (χ0) is 14.3. The number of hydrogen-bond acceptors (Lipinski definition) is 2. The average molecular weight is 335 g/mol. The molecule has 0 aliphatic carbocycles. The summed E-state index contributed by atoms with van der Waals surface area (Å²) in [6.45, 7) is 3.66. The van der Waals surface area contributed by atoms with E-state index < -0.39 is 0 Å². The lowest BCUT2D eigenvalue weighted by Crippen LogP contribution is -2.20. The Morgan fingerprint density at radius 2 is 2.15 bits per heavy atom. The lowest BCUT2D eigenvalue weighted by atomic mass is 10.1. The predicted octanol–water partition coefficient (Wildman–Crippen LogP) is 4.04. The highest BCUT2D eigenvalue weighted by Gasteiger charge is 2.21. The van der Waals surface area contributed by atoms with Crippen LogP contribution < -0.4 is 10.6 Å². The molecule has 0 bridgehead atoms. The second-order valence-electron chi connectivity index (χ2n) is 5.22. The van der Waals surface area contributed by atoms with Crippen molar-refractivity contribution in [3.8, 4) is 0 Å². The summed E-state index contributed by atoms with van der Waals surface area (Å²) in [6, 6.07) is 9.35. The molecule has 104 valence electrons. The fraction of sp³-hybridized carbons (Fsp3) is 0.250. The lowest BCUT2D eigenvalue weighted by molar-refractivity contribution is 0.617. The van der Waals surface area contributed by atoms with Gasteiger partial charge in [0.25, 0.3) is 0 Å². The third kappa shape index (κ3) is 2.29. The number of benzene rings is 2. The Kier molecular flexibility index (Phi) is 3.42. The maximum absolute atomic E-state index is 13.6. The van der Waals surface area contributed by atoms with Crippen LogP contribution in [0.3, 0.4) is 0 Å². The molecular weight excluding hydrogens is 319 g/mol. The smallest absolute Gasteiger partial charge is 0.137 e. The standard InChI is InChI=1S/C16H16BrFN2/c1-10-7-11-5-6-20(15(11)8-14(10)19)9-12-3-2-4-13(18)16(12)17/h2-4,7-8H,5-6,9,19H2,1H3. The van der Waals surface area contributed by atoms with Gasteiger partial charge in [-0.15, -0.1) is 0 Å². The van der Waals surface area contributed by atoms with Crippen molar-refractivity contribution in [2.24, 2.45) is 0 Å². The Balaban J connectivity index is 1.92. The topological polar surface area (TPSA) is 29.3 Å². The third-order valence-corrected chi connectivity index (χ3v) is 4.74. The number of fused-ring (bicyclic) bond motifs is 1. The molecule has 0 spiro atoms. The summed E-state index contributed by atoms with van der Waals surface area (Å²) >= 11 is 3.33. The molecule has 2 nitrogen and oxygen atoms in total. The molecule has 1 aliphatic heterocycles. The summed E-state index contributed by atoms with van der Waals surface area (Å²) in [7, 11) is 0. The summed E-state index contributed by atoms with van der Waals surface area (Å²) in [5.74, 6) is -0.217. The van der Waals surface area contributed by atoms with E-state index in [1.54, 1.807) is 6.07 Å². The summed E-state index contributed by atoms with van der Waals surface area (Å²) in [5, 5.41) is 0. The van der Waals surface area contributed by atoms with Crippen LogP contribution in [-0.4, -0.2) is 6.54 Å². The minimum Gasteiger partial charge on any atom is -0.398 e. The van der Waals surface area contributed by atoms with Gasteiger partial charge >= 0.3 is 0 Å². The van der Waals surface area contributed by atoms with Gasteiger partial charge in [0.15, 0.2) is 0 Å². The van der Waals surface area contributed by atoms with Gasteiger partial charge in [0.2, 0.25) is 0 Å². The van der Waals surface area contributed by atoms with E-state index in [2.05, 4.69) is 26.9 Å². The van der Waals surface area contributed by atoms with Gasteiger partial charge in [-0.1, -0.05) is 18.2 Å². The highest BCUT2D eigenvalue weighted by Crippen LogP contribution is 2.34. The van der Waals surface area contributed by atoms with Gasteiger partial charge in [0.05, 0.1) is 4.47 Å². The van der Waals surface area contributed by atoms with Crippen LogP contribution in [0, 0.1) is 12.7 Å². The van der Waals surface area contributed by atoms with Crippen molar-refractivity contribution in [1.29, 1.82) is 0 Å². The third-order valence-electron chi connectivity index (χ3n) is 3.85. The second-order valence-corrected chi connectivity index (χ2v) is 6.02. The van der Waals surface area contributed by atoms with Crippen molar-refractivity contribution < 1.29 is 4.39 Å². The van der Waals surface area contributed by atoms with Crippen molar-refractivity contribution in [2.75, 3.05) is 17.2 Å².